The predicted molar refractivity (Wildman–Crippen MR) is 141 cm³/mol. The van der Waals surface area contributed by atoms with Gasteiger partial charge in [0.15, 0.2) is 0 Å². The number of halogens is 2. The molecule has 7 nitrogen and oxygen atoms in total. The first-order valence-corrected chi connectivity index (χ1v) is 12.1. The first-order chi connectivity index (χ1) is 17.5. The van der Waals surface area contributed by atoms with Crippen LogP contribution in [0.2, 0.25) is 10.0 Å². The average Bonchev–Trinajstić information content (AvgIpc) is 3.39. The molecule has 182 valence electrons. The van der Waals surface area contributed by atoms with E-state index in [0.29, 0.717) is 68.3 Å². The molecule has 1 atom stereocenters. The molecule has 0 amide bonds. The number of hydrogen-bond acceptors (Lipinski definition) is 7. The van der Waals surface area contributed by atoms with E-state index >= 15 is 0 Å². The lowest BCUT2D eigenvalue weighted by atomic mass is 10.1. The molecule has 1 aromatic heterocycles. The molecule has 0 spiro atoms. The number of aromatic nitrogens is 1. The summed E-state index contributed by atoms with van der Waals surface area (Å²) < 4.78 is 17.2. The molecular weight excluding hydrogens is 499 g/mol. The molecule has 1 fully saturated rings. The highest BCUT2D eigenvalue weighted by molar-refractivity contribution is 6.32. The Morgan fingerprint density at radius 3 is 2.72 bits per heavy atom. The van der Waals surface area contributed by atoms with Crippen molar-refractivity contribution in [3.8, 4) is 17.6 Å². The Kier molecular flexibility index (Phi) is 7.01. The summed E-state index contributed by atoms with van der Waals surface area (Å²) in [7, 11) is 0. The van der Waals surface area contributed by atoms with Crippen molar-refractivity contribution >= 4 is 51.2 Å². The van der Waals surface area contributed by atoms with Crippen LogP contribution in [0.3, 0.4) is 0 Å². The van der Waals surface area contributed by atoms with E-state index in [1.165, 1.54) is 6.20 Å². The molecule has 9 heteroatoms. The van der Waals surface area contributed by atoms with Gasteiger partial charge in [-0.3, -0.25) is 4.98 Å². The van der Waals surface area contributed by atoms with Crippen LogP contribution in [-0.4, -0.2) is 24.3 Å². The summed E-state index contributed by atoms with van der Waals surface area (Å²) in [6, 6.07) is 18.5. The van der Waals surface area contributed by atoms with Gasteiger partial charge in [0.1, 0.15) is 30.3 Å². The number of ether oxygens (including phenoxy) is 3. The summed E-state index contributed by atoms with van der Waals surface area (Å²) in [4.78, 5) is 4.44. The molecule has 36 heavy (non-hydrogen) atoms. The topological polar surface area (TPSA) is 102 Å². The highest BCUT2D eigenvalue weighted by atomic mass is 35.5. The number of hydrogen-bond donors (Lipinski definition) is 2. The number of pyridine rings is 1. The number of fused-ring (bicyclic) bond motifs is 1. The number of nitriles is 1. The molecule has 1 aliphatic rings. The summed E-state index contributed by atoms with van der Waals surface area (Å²) >= 11 is 12.7. The predicted octanol–water partition coefficient (Wildman–Crippen LogP) is 6.49. The van der Waals surface area contributed by atoms with Crippen molar-refractivity contribution in [3.05, 3.63) is 82.0 Å². The van der Waals surface area contributed by atoms with Gasteiger partial charge in [-0.1, -0.05) is 41.4 Å². The molecule has 0 aliphatic carbocycles. The van der Waals surface area contributed by atoms with Gasteiger partial charge in [-0.05, 0) is 30.3 Å². The third kappa shape index (κ3) is 5.12. The first-order valence-electron chi connectivity index (χ1n) is 11.3. The monoisotopic (exact) mass is 520 g/mol. The van der Waals surface area contributed by atoms with E-state index in [9.17, 15) is 5.26 Å². The van der Waals surface area contributed by atoms with Gasteiger partial charge in [0.2, 0.25) is 0 Å². The minimum absolute atomic E-state index is 0.0403. The summed E-state index contributed by atoms with van der Waals surface area (Å²) in [6.45, 7) is 1.49. The highest BCUT2D eigenvalue weighted by Gasteiger charge is 2.20. The van der Waals surface area contributed by atoms with Crippen LogP contribution in [0.1, 0.15) is 17.5 Å². The van der Waals surface area contributed by atoms with Crippen LogP contribution in [-0.2, 0) is 11.3 Å². The molecular formula is C27H22Cl2N4O3. The van der Waals surface area contributed by atoms with E-state index in [1.807, 2.05) is 30.3 Å². The van der Waals surface area contributed by atoms with Gasteiger partial charge >= 0.3 is 0 Å². The molecule has 3 aromatic carbocycles. The van der Waals surface area contributed by atoms with Crippen LogP contribution in [0.5, 0.6) is 11.5 Å². The van der Waals surface area contributed by atoms with E-state index in [1.54, 1.807) is 24.3 Å². The van der Waals surface area contributed by atoms with E-state index in [0.717, 1.165) is 12.0 Å². The molecule has 0 radical (unpaired) electrons. The number of nitrogen functional groups attached to an aromatic ring is 1. The van der Waals surface area contributed by atoms with Gasteiger partial charge in [-0.2, -0.15) is 5.26 Å². The fraction of sp³-hybridized carbons (Fsp3) is 0.185. The van der Waals surface area contributed by atoms with Crippen LogP contribution in [0, 0.1) is 11.3 Å². The molecule has 0 saturated carbocycles. The Morgan fingerprint density at radius 1 is 1.11 bits per heavy atom. The Bertz CT molecular complexity index is 1470. The van der Waals surface area contributed by atoms with E-state index in [2.05, 4.69) is 16.4 Å². The van der Waals surface area contributed by atoms with E-state index < -0.39 is 0 Å². The lowest BCUT2D eigenvalue weighted by Crippen LogP contribution is -2.16. The second-order valence-corrected chi connectivity index (χ2v) is 9.13. The maximum absolute atomic E-state index is 9.71. The van der Waals surface area contributed by atoms with Gasteiger partial charge in [0.25, 0.3) is 0 Å². The fourth-order valence-corrected chi connectivity index (χ4v) is 4.38. The van der Waals surface area contributed by atoms with Crippen molar-refractivity contribution in [1.29, 1.82) is 5.26 Å². The number of anilines is 3. The summed E-state index contributed by atoms with van der Waals surface area (Å²) in [5, 5.41) is 14.7. The fourth-order valence-electron chi connectivity index (χ4n) is 3.95. The molecule has 3 N–H and O–H groups in total. The minimum atomic E-state index is -0.0403. The van der Waals surface area contributed by atoms with Crippen LogP contribution in [0.25, 0.3) is 10.9 Å². The normalized spacial score (nSPS) is 15.0. The van der Waals surface area contributed by atoms with Gasteiger partial charge in [-0.15, -0.1) is 0 Å². The average molecular weight is 521 g/mol. The van der Waals surface area contributed by atoms with Crippen LogP contribution < -0.4 is 20.5 Å². The van der Waals surface area contributed by atoms with Crippen molar-refractivity contribution in [2.45, 2.75) is 19.1 Å². The van der Waals surface area contributed by atoms with Gasteiger partial charge in [0, 0.05) is 40.3 Å². The second-order valence-electron chi connectivity index (χ2n) is 8.32. The molecule has 0 bridgehead atoms. The van der Waals surface area contributed by atoms with E-state index in [4.69, 9.17) is 43.1 Å². The molecule has 1 aliphatic heterocycles. The zero-order valence-corrected chi connectivity index (χ0v) is 20.6. The maximum Gasteiger partial charge on any atom is 0.144 e. The smallest absolute Gasteiger partial charge is 0.144 e. The number of rotatable bonds is 7. The number of benzene rings is 3. The maximum atomic E-state index is 9.71. The molecule has 2 heterocycles. The summed E-state index contributed by atoms with van der Waals surface area (Å²) in [5.74, 6) is 1.06. The Balaban J connectivity index is 1.40. The van der Waals surface area contributed by atoms with Crippen molar-refractivity contribution in [2.24, 2.45) is 0 Å². The van der Waals surface area contributed by atoms with Crippen LogP contribution in [0.15, 0.2) is 60.8 Å². The second kappa shape index (κ2) is 10.5. The lowest BCUT2D eigenvalue weighted by molar-refractivity contribution is 0.142. The van der Waals surface area contributed by atoms with Crippen molar-refractivity contribution in [1.82, 2.24) is 4.98 Å². The van der Waals surface area contributed by atoms with Gasteiger partial charge in [-0.25, -0.2) is 0 Å². The third-order valence-electron chi connectivity index (χ3n) is 5.84. The minimum Gasteiger partial charge on any atom is -0.487 e. The van der Waals surface area contributed by atoms with E-state index in [-0.39, 0.29) is 12.7 Å². The Hall–Kier alpha value is -3.70. The lowest BCUT2D eigenvalue weighted by Gasteiger charge is -2.17. The third-order valence-corrected chi connectivity index (χ3v) is 6.51. The summed E-state index contributed by atoms with van der Waals surface area (Å²) in [5.41, 5.74) is 9.89. The van der Waals surface area contributed by atoms with Crippen molar-refractivity contribution < 1.29 is 14.2 Å². The Labute approximate surface area is 218 Å². The SMILES string of the molecule is N#Cc1cnc2cc(OC3CCOC3)c(N)cc2c1Nc1ccc(OCc2ccccc2Cl)c(Cl)c1. The first kappa shape index (κ1) is 24.0. The number of nitrogens with zero attached hydrogens (tertiary/aromatic N) is 2. The zero-order chi connectivity index (χ0) is 25.1. The van der Waals surface area contributed by atoms with Crippen molar-refractivity contribution in [3.63, 3.8) is 0 Å². The molecule has 5 rings (SSSR count). The van der Waals surface area contributed by atoms with Crippen LogP contribution in [0.4, 0.5) is 17.1 Å². The summed E-state index contributed by atoms with van der Waals surface area (Å²) in [6.07, 6.45) is 2.29. The molecule has 1 unspecified atom stereocenters. The molecule has 4 aromatic rings. The quantitative estimate of drug-likeness (QED) is 0.268. The van der Waals surface area contributed by atoms with Crippen LogP contribution >= 0.6 is 23.2 Å². The molecule has 1 saturated heterocycles. The standard InChI is InChI=1S/C27H22Cl2N4O3/c28-21-4-2-1-3-16(21)14-35-25-6-5-18(9-22(25)29)33-27-17(12-30)13-32-24-11-26(23(31)10-20(24)27)36-19-7-8-34-15-19/h1-6,9-11,13,19H,7-8,14-15,31H2,(H,32,33). The zero-order valence-electron chi connectivity index (χ0n) is 19.1. The number of nitrogens with one attached hydrogen (secondary N) is 1. The van der Waals surface area contributed by atoms with Gasteiger partial charge in [0.05, 0.1) is 40.7 Å². The highest BCUT2D eigenvalue weighted by Crippen LogP contribution is 2.37. The number of nitrogens with two attached hydrogens (primary N) is 1. The Morgan fingerprint density at radius 2 is 1.97 bits per heavy atom. The van der Waals surface area contributed by atoms with Gasteiger partial charge < -0.3 is 25.3 Å². The largest absolute Gasteiger partial charge is 0.487 e. The van der Waals surface area contributed by atoms with Crippen molar-refractivity contribution in [2.75, 3.05) is 24.3 Å².